The maximum absolute atomic E-state index is 4.62. The van der Waals surface area contributed by atoms with E-state index in [0.29, 0.717) is 0 Å². The Morgan fingerprint density at radius 2 is 2.11 bits per heavy atom. The minimum atomic E-state index is 0.807. The van der Waals surface area contributed by atoms with Gasteiger partial charge < -0.3 is 5.32 Å². The van der Waals surface area contributed by atoms with Crippen molar-refractivity contribution in [2.75, 3.05) is 11.9 Å². The second-order valence-electron chi connectivity index (χ2n) is 4.15. The average molecular weight is 326 g/mol. The van der Waals surface area contributed by atoms with Crippen LogP contribution in [0.2, 0.25) is 0 Å². The van der Waals surface area contributed by atoms with Crippen LogP contribution in [-0.4, -0.2) is 16.5 Å². The molecule has 96 valence electrons. The lowest BCUT2D eigenvalue weighted by Crippen LogP contribution is -2.06. The highest BCUT2D eigenvalue weighted by molar-refractivity contribution is 9.10. The number of aromatic nitrogens is 2. The molecule has 0 amide bonds. The zero-order valence-electron chi connectivity index (χ0n) is 10.7. The van der Waals surface area contributed by atoms with Gasteiger partial charge in [-0.1, -0.05) is 6.92 Å². The van der Waals surface area contributed by atoms with Crippen LogP contribution >= 0.6 is 27.3 Å². The molecule has 0 bridgehead atoms. The van der Waals surface area contributed by atoms with Crippen LogP contribution in [0.3, 0.4) is 0 Å². The Bertz CT molecular complexity index is 551. The summed E-state index contributed by atoms with van der Waals surface area (Å²) in [7, 11) is 0. The van der Waals surface area contributed by atoms with E-state index >= 15 is 0 Å². The van der Waals surface area contributed by atoms with Gasteiger partial charge in [-0.05, 0) is 53.2 Å². The molecule has 2 aromatic heterocycles. The SMILES string of the molecule is CCCNc1nc(-c2sccc2C)nc(C)c1Br. The maximum Gasteiger partial charge on any atom is 0.172 e. The van der Waals surface area contributed by atoms with Crippen LogP contribution in [0, 0.1) is 13.8 Å². The lowest BCUT2D eigenvalue weighted by Gasteiger charge is -2.10. The number of rotatable bonds is 4. The number of hydrogen-bond donors (Lipinski definition) is 1. The lowest BCUT2D eigenvalue weighted by molar-refractivity contribution is 0.959. The van der Waals surface area contributed by atoms with Crippen molar-refractivity contribution in [2.45, 2.75) is 27.2 Å². The number of hydrogen-bond acceptors (Lipinski definition) is 4. The van der Waals surface area contributed by atoms with Crippen molar-refractivity contribution >= 4 is 33.1 Å². The van der Waals surface area contributed by atoms with Crippen molar-refractivity contribution in [3.05, 3.63) is 27.2 Å². The van der Waals surface area contributed by atoms with E-state index in [4.69, 9.17) is 0 Å². The number of aryl methyl sites for hydroxylation is 2. The topological polar surface area (TPSA) is 37.8 Å². The highest BCUT2D eigenvalue weighted by Gasteiger charge is 2.12. The molecule has 0 saturated carbocycles. The molecule has 0 aliphatic rings. The van der Waals surface area contributed by atoms with Gasteiger partial charge in [0.25, 0.3) is 0 Å². The van der Waals surface area contributed by atoms with Crippen LogP contribution in [0.1, 0.15) is 24.6 Å². The maximum atomic E-state index is 4.62. The van der Waals surface area contributed by atoms with Gasteiger partial charge in [0, 0.05) is 6.54 Å². The summed E-state index contributed by atoms with van der Waals surface area (Å²) in [6.45, 7) is 7.14. The molecule has 18 heavy (non-hydrogen) atoms. The normalized spacial score (nSPS) is 10.7. The first-order chi connectivity index (χ1) is 8.63. The number of halogens is 1. The first-order valence-corrected chi connectivity index (χ1v) is 7.63. The smallest absolute Gasteiger partial charge is 0.172 e. The van der Waals surface area contributed by atoms with Crippen LogP contribution < -0.4 is 5.32 Å². The summed E-state index contributed by atoms with van der Waals surface area (Å²) in [5.41, 5.74) is 2.19. The standard InChI is InChI=1S/C13H16BrN3S/c1-4-6-15-12-10(14)9(3)16-13(17-12)11-8(2)5-7-18-11/h5,7H,4,6H2,1-3H3,(H,15,16,17). The van der Waals surface area contributed by atoms with Gasteiger partial charge in [-0.2, -0.15) is 0 Å². The van der Waals surface area contributed by atoms with E-state index in [1.54, 1.807) is 11.3 Å². The van der Waals surface area contributed by atoms with Crippen molar-refractivity contribution in [1.82, 2.24) is 9.97 Å². The Hall–Kier alpha value is -0.940. The van der Waals surface area contributed by atoms with E-state index in [-0.39, 0.29) is 0 Å². The summed E-state index contributed by atoms with van der Waals surface area (Å²) in [6.07, 6.45) is 1.07. The van der Waals surface area contributed by atoms with Crippen LogP contribution in [0.4, 0.5) is 5.82 Å². The van der Waals surface area contributed by atoms with Gasteiger partial charge in [0.1, 0.15) is 5.82 Å². The molecule has 0 radical (unpaired) electrons. The van der Waals surface area contributed by atoms with E-state index in [1.807, 2.05) is 6.92 Å². The Morgan fingerprint density at radius 3 is 2.72 bits per heavy atom. The summed E-state index contributed by atoms with van der Waals surface area (Å²) in [6, 6.07) is 2.10. The molecule has 0 spiro atoms. The predicted octanol–water partition coefficient (Wildman–Crippen LogP) is 4.41. The second kappa shape index (κ2) is 5.80. The van der Waals surface area contributed by atoms with E-state index in [1.165, 1.54) is 5.56 Å². The molecule has 0 fully saturated rings. The molecular formula is C13H16BrN3S. The van der Waals surface area contributed by atoms with Gasteiger partial charge in [0.2, 0.25) is 0 Å². The first kappa shape index (κ1) is 13.5. The lowest BCUT2D eigenvalue weighted by atomic mass is 10.2. The molecule has 0 unspecified atom stereocenters. The quantitative estimate of drug-likeness (QED) is 0.904. The van der Waals surface area contributed by atoms with Gasteiger partial charge in [0.15, 0.2) is 5.82 Å². The number of anilines is 1. The summed E-state index contributed by atoms with van der Waals surface area (Å²) in [4.78, 5) is 10.3. The summed E-state index contributed by atoms with van der Waals surface area (Å²) in [5, 5.41) is 5.41. The summed E-state index contributed by atoms with van der Waals surface area (Å²) in [5.74, 6) is 1.69. The zero-order chi connectivity index (χ0) is 13.1. The molecule has 5 heteroatoms. The Morgan fingerprint density at radius 1 is 1.33 bits per heavy atom. The van der Waals surface area contributed by atoms with Gasteiger partial charge >= 0.3 is 0 Å². The highest BCUT2D eigenvalue weighted by Crippen LogP contribution is 2.30. The fourth-order valence-electron chi connectivity index (χ4n) is 1.62. The Kier molecular flexibility index (Phi) is 4.35. The van der Waals surface area contributed by atoms with Crippen LogP contribution in [0.25, 0.3) is 10.7 Å². The number of nitrogens with zero attached hydrogens (tertiary/aromatic N) is 2. The van der Waals surface area contributed by atoms with Gasteiger partial charge in [-0.3, -0.25) is 0 Å². The Labute approximate surface area is 120 Å². The minimum Gasteiger partial charge on any atom is -0.369 e. The number of thiophene rings is 1. The van der Waals surface area contributed by atoms with Crippen molar-refractivity contribution < 1.29 is 0 Å². The van der Waals surface area contributed by atoms with Crippen molar-refractivity contribution in [3.63, 3.8) is 0 Å². The van der Waals surface area contributed by atoms with Crippen LogP contribution in [-0.2, 0) is 0 Å². The third-order valence-corrected chi connectivity index (χ3v) is 4.59. The van der Waals surface area contributed by atoms with E-state index < -0.39 is 0 Å². The fourth-order valence-corrected chi connectivity index (χ4v) is 2.80. The third-order valence-electron chi connectivity index (χ3n) is 2.62. The van der Waals surface area contributed by atoms with E-state index in [9.17, 15) is 0 Å². The van der Waals surface area contributed by atoms with Crippen molar-refractivity contribution in [1.29, 1.82) is 0 Å². The fraction of sp³-hybridized carbons (Fsp3) is 0.385. The van der Waals surface area contributed by atoms with Crippen molar-refractivity contribution in [2.24, 2.45) is 0 Å². The van der Waals surface area contributed by atoms with E-state index in [0.717, 1.165) is 39.7 Å². The molecule has 3 nitrogen and oxygen atoms in total. The van der Waals surface area contributed by atoms with Crippen LogP contribution in [0.5, 0.6) is 0 Å². The monoisotopic (exact) mass is 325 g/mol. The van der Waals surface area contributed by atoms with Gasteiger partial charge in [0.05, 0.1) is 15.0 Å². The minimum absolute atomic E-state index is 0.807. The van der Waals surface area contributed by atoms with Crippen molar-refractivity contribution in [3.8, 4) is 10.7 Å². The predicted molar refractivity (Wildman–Crippen MR) is 81.3 cm³/mol. The summed E-state index contributed by atoms with van der Waals surface area (Å²) >= 11 is 5.22. The molecular weight excluding hydrogens is 310 g/mol. The highest BCUT2D eigenvalue weighted by atomic mass is 79.9. The molecule has 0 saturated heterocycles. The molecule has 2 heterocycles. The zero-order valence-corrected chi connectivity index (χ0v) is 13.2. The molecule has 2 rings (SSSR count). The molecule has 0 aliphatic heterocycles. The third kappa shape index (κ3) is 2.72. The first-order valence-electron chi connectivity index (χ1n) is 5.96. The molecule has 0 atom stereocenters. The van der Waals surface area contributed by atoms with Crippen LogP contribution in [0.15, 0.2) is 15.9 Å². The molecule has 0 aliphatic carbocycles. The molecule has 1 N–H and O–H groups in total. The number of nitrogens with one attached hydrogen (secondary N) is 1. The van der Waals surface area contributed by atoms with Gasteiger partial charge in [-0.25, -0.2) is 9.97 Å². The molecule has 0 aromatic carbocycles. The largest absolute Gasteiger partial charge is 0.369 e. The van der Waals surface area contributed by atoms with E-state index in [2.05, 4.69) is 56.5 Å². The van der Waals surface area contributed by atoms with Gasteiger partial charge in [-0.15, -0.1) is 11.3 Å². The summed E-state index contributed by atoms with van der Waals surface area (Å²) < 4.78 is 0.953. The molecule has 2 aromatic rings. The second-order valence-corrected chi connectivity index (χ2v) is 5.86. The average Bonchev–Trinajstić information content (AvgIpc) is 2.77. The Balaban J connectivity index is 2.44.